The van der Waals surface area contributed by atoms with Crippen LogP contribution in [0.2, 0.25) is 0 Å². The predicted octanol–water partition coefficient (Wildman–Crippen LogP) is 10.5. The molecule has 1 nitrogen and oxygen atoms in total. The number of rotatable bonds is 6. The molecule has 0 aromatic heterocycles. The average molecular weight is 547 g/mol. The maximum atomic E-state index is 6.05. The molecule has 0 unspecified atom stereocenters. The van der Waals surface area contributed by atoms with Gasteiger partial charge in [0.15, 0.2) is 0 Å². The van der Waals surface area contributed by atoms with Crippen molar-refractivity contribution in [3.05, 3.63) is 143 Å². The number of hydrogen-bond acceptors (Lipinski definition) is 1. The van der Waals surface area contributed by atoms with E-state index in [4.69, 9.17) is 4.74 Å². The van der Waals surface area contributed by atoms with E-state index >= 15 is 0 Å². The van der Waals surface area contributed by atoms with E-state index in [2.05, 4.69) is 114 Å². The molecule has 5 aromatic rings. The summed E-state index contributed by atoms with van der Waals surface area (Å²) in [6.07, 6.45) is 2.73. The predicted molar refractivity (Wildman–Crippen MR) is 177 cm³/mol. The first kappa shape index (κ1) is 26.5. The maximum Gasteiger partial charge on any atom is 0.119 e. The van der Waals surface area contributed by atoms with Crippen LogP contribution in [0.5, 0.6) is 5.75 Å². The van der Waals surface area contributed by atoms with Crippen LogP contribution >= 0.6 is 0 Å². The summed E-state index contributed by atoms with van der Waals surface area (Å²) in [5, 5.41) is 0. The zero-order valence-electron chi connectivity index (χ0n) is 25.3. The molecule has 0 N–H and O–H groups in total. The average Bonchev–Trinajstić information content (AvgIpc) is 3.36. The smallest absolute Gasteiger partial charge is 0.119 e. The summed E-state index contributed by atoms with van der Waals surface area (Å²) in [5.74, 6) is 0.899. The fourth-order valence-electron chi connectivity index (χ4n) is 7.14. The van der Waals surface area contributed by atoms with Gasteiger partial charge in [-0.3, -0.25) is 0 Å². The number of fused-ring (bicyclic) bond motifs is 6. The van der Waals surface area contributed by atoms with Crippen LogP contribution in [0.15, 0.2) is 104 Å². The van der Waals surface area contributed by atoms with E-state index < -0.39 is 0 Å². The number of ether oxygens (including phenoxy) is 1. The minimum Gasteiger partial charge on any atom is -0.493 e. The van der Waals surface area contributed by atoms with Crippen molar-refractivity contribution in [1.29, 1.82) is 0 Å². The number of hydrogen-bond donors (Lipinski definition) is 0. The van der Waals surface area contributed by atoms with Crippen molar-refractivity contribution in [2.45, 2.75) is 51.9 Å². The van der Waals surface area contributed by atoms with Gasteiger partial charge in [-0.25, -0.2) is 0 Å². The normalized spacial score (nSPS) is 15.0. The van der Waals surface area contributed by atoms with Crippen molar-refractivity contribution in [3.8, 4) is 39.1 Å². The lowest BCUT2D eigenvalue weighted by Gasteiger charge is -2.23. The highest BCUT2D eigenvalue weighted by molar-refractivity contribution is 5.86. The molecule has 0 aliphatic heterocycles. The maximum absolute atomic E-state index is 6.05. The van der Waals surface area contributed by atoms with Crippen LogP contribution in [-0.4, -0.2) is 6.61 Å². The molecule has 2 aliphatic carbocycles. The van der Waals surface area contributed by atoms with Crippen LogP contribution in [-0.2, 0) is 17.3 Å². The van der Waals surface area contributed by atoms with E-state index in [9.17, 15) is 0 Å². The van der Waals surface area contributed by atoms with E-state index in [0.29, 0.717) is 6.61 Å². The molecule has 1 heteroatoms. The molecule has 208 valence electrons. The summed E-state index contributed by atoms with van der Waals surface area (Å²) in [5.41, 5.74) is 17.4. The molecular weight excluding hydrogens is 508 g/mol. The second kappa shape index (κ2) is 9.60. The molecule has 7 rings (SSSR count). The van der Waals surface area contributed by atoms with Crippen LogP contribution in [0, 0.1) is 6.92 Å². The molecule has 0 saturated heterocycles. The Hall–Kier alpha value is -4.36. The highest BCUT2D eigenvalue weighted by Crippen LogP contribution is 2.52. The second-order valence-corrected chi connectivity index (χ2v) is 13.1. The van der Waals surface area contributed by atoms with Crippen molar-refractivity contribution in [3.63, 3.8) is 0 Å². The van der Waals surface area contributed by atoms with Gasteiger partial charge >= 0.3 is 0 Å². The first-order chi connectivity index (χ1) is 20.2. The zero-order valence-corrected chi connectivity index (χ0v) is 25.3. The molecule has 0 amide bonds. The Bertz CT molecular complexity index is 1870. The van der Waals surface area contributed by atoms with Gasteiger partial charge in [-0.05, 0) is 98.0 Å². The van der Waals surface area contributed by atoms with Crippen molar-refractivity contribution in [2.24, 2.45) is 0 Å². The van der Waals surface area contributed by atoms with Gasteiger partial charge in [0.05, 0.1) is 6.61 Å². The van der Waals surface area contributed by atoms with Crippen molar-refractivity contribution >= 4 is 6.08 Å². The van der Waals surface area contributed by atoms with E-state index in [1.54, 1.807) is 0 Å². The first-order valence-corrected chi connectivity index (χ1v) is 15.1. The third-order valence-corrected chi connectivity index (χ3v) is 9.68. The Balaban J connectivity index is 1.16. The molecule has 0 saturated carbocycles. The molecule has 0 fully saturated rings. The zero-order chi connectivity index (χ0) is 29.2. The monoisotopic (exact) mass is 546 g/mol. The quantitative estimate of drug-likeness (QED) is 0.206. The lowest BCUT2D eigenvalue weighted by atomic mass is 9.80. The molecule has 0 heterocycles. The van der Waals surface area contributed by atoms with Crippen molar-refractivity contribution < 1.29 is 4.74 Å². The van der Waals surface area contributed by atoms with Crippen LogP contribution in [0.4, 0.5) is 0 Å². The Kier molecular flexibility index (Phi) is 6.06. The van der Waals surface area contributed by atoms with Gasteiger partial charge in [-0.1, -0.05) is 119 Å². The Morgan fingerprint density at radius 1 is 0.595 bits per heavy atom. The van der Waals surface area contributed by atoms with Gasteiger partial charge in [0.1, 0.15) is 5.75 Å². The van der Waals surface area contributed by atoms with Gasteiger partial charge in [-0.15, -0.1) is 0 Å². The molecule has 0 bridgehead atoms. The molecule has 0 spiro atoms. The lowest BCUT2D eigenvalue weighted by molar-refractivity contribution is 0.322. The Morgan fingerprint density at radius 3 is 1.67 bits per heavy atom. The fraction of sp³-hybridized carbons (Fsp3) is 0.220. The largest absolute Gasteiger partial charge is 0.493 e. The molecule has 0 atom stereocenters. The first-order valence-electron chi connectivity index (χ1n) is 15.1. The fourth-order valence-corrected chi connectivity index (χ4v) is 7.14. The van der Waals surface area contributed by atoms with Crippen LogP contribution in [0.3, 0.4) is 0 Å². The van der Waals surface area contributed by atoms with E-state index in [0.717, 1.165) is 17.7 Å². The molecule has 2 aliphatic rings. The third kappa shape index (κ3) is 4.14. The SMILES string of the molecule is C=Cc1ccc(OCCc2ccc3c(c2)C(C)(C)c2cc(-c4ccc5c(c4)C(C)(C)c4cc(C)ccc4-5)ccc2-3)cc1. The molecule has 42 heavy (non-hydrogen) atoms. The highest BCUT2D eigenvalue weighted by Gasteiger charge is 2.37. The van der Waals surface area contributed by atoms with Crippen LogP contribution < -0.4 is 4.74 Å². The van der Waals surface area contributed by atoms with Crippen molar-refractivity contribution in [2.75, 3.05) is 6.61 Å². The van der Waals surface area contributed by atoms with Gasteiger partial charge in [0, 0.05) is 17.3 Å². The molecule has 0 radical (unpaired) electrons. The van der Waals surface area contributed by atoms with Gasteiger partial charge < -0.3 is 4.74 Å². The Morgan fingerprint density at radius 2 is 1.10 bits per heavy atom. The summed E-state index contributed by atoms with van der Waals surface area (Å²) in [4.78, 5) is 0. The topological polar surface area (TPSA) is 9.23 Å². The van der Waals surface area contributed by atoms with E-state index in [1.165, 1.54) is 66.8 Å². The summed E-state index contributed by atoms with van der Waals surface area (Å²) >= 11 is 0. The summed E-state index contributed by atoms with van der Waals surface area (Å²) < 4.78 is 6.05. The Labute approximate surface area is 250 Å². The number of aryl methyl sites for hydroxylation is 1. The van der Waals surface area contributed by atoms with E-state index in [-0.39, 0.29) is 10.8 Å². The standard InChI is InChI=1S/C41H38O/c1-7-27-9-14-31(15-10-27)42-21-20-28-11-17-33-35-19-13-30(25-39(35)41(5,6)37(33)23-28)29-12-18-34-32-16-8-26(2)22-36(32)40(3,4)38(34)24-29/h7-19,22-25H,1,20-21H2,2-6H3. The molecular formula is C41H38O. The summed E-state index contributed by atoms with van der Waals surface area (Å²) in [6.45, 7) is 16.1. The summed E-state index contributed by atoms with van der Waals surface area (Å²) in [7, 11) is 0. The minimum absolute atomic E-state index is 0.00586. The van der Waals surface area contributed by atoms with Gasteiger partial charge in [0.2, 0.25) is 0 Å². The lowest BCUT2D eigenvalue weighted by Crippen LogP contribution is -2.16. The van der Waals surface area contributed by atoms with Crippen molar-refractivity contribution in [1.82, 2.24) is 0 Å². The molecule has 5 aromatic carbocycles. The van der Waals surface area contributed by atoms with Crippen LogP contribution in [0.1, 0.15) is 66.6 Å². The van der Waals surface area contributed by atoms with E-state index in [1.807, 2.05) is 30.3 Å². The highest BCUT2D eigenvalue weighted by atomic mass is 16.5. The van der Waals surface area contributed by atoms with Gasteiger partial charge in [0.25, 0.3) is 0 Å². The van der Waals surface area contributed by atoms with Crippen LogP contribution in [0.25, 0.3) is 39.5 Å². The summed E-state index contributed by atoms with van der Waals surface area (Å²) in [6, 6.07) is 36.1. The second-order valence-electron chi connectivity index (χ2n) is 13.1. The minimum atomic E-state index is -0.0676. The van der Waals surface area contributed by atoms with Gasteiger partial charge in [-0.2, -0.15) is 0 Å². The third-order valence-electron chi connectivity index (χ3n) is 9.68. The number of benzene rings is 5.